The van der Waals surface area contributed by atoms with Crippen molar-refractivity contribution < 1.29 is 8.42 Å². The summed E-state index contributed by atoms with van der Waals surface area (Å²) in [6.07, 6.45) is 2.83. The maximum absolute atomic E-state index is 11.2. The van der Waals surface area contributed by atoms with Gasteiger partial charge in [0, 0.05) is 25.0 Å². The molecule has 1 N–H and O–H groups in total. The van der Waals surface area contributed by atoms with Crippen LogP contribution in [0.3, 0.4) is 0 Å². The van der Waals surface area contributed by atoms with E-state index in [-0.39, 0.29) is 6.04 Å². The Bertz CT molecular complexity index is 519. The van der Waals surface area contributed by atoms with Gasteiger partial charge in [-0.25, -0.2) is 13.1 Å². The first-order valence-corrected chi connectivity index (χ1v) is 9.11. The fourth-order valence-electron chi connectivity index (χ4n) is 2.08. The molecule has 19 heavy (non-hydrogen) atoms. The first kappa shape index (κ1) is 14.7. The van der Waals surface area contributed by atoms with Gasteiger partial charge in [0.1, 0.15) is 5.01 Å². The Balaban J connectivity index is 1.92. The van der Waals surface area contributed by atoms with Gasteiger partial charge in [-0.2, -0.15) is 0 Å². The van der Waals surface area contributed by atoms with Crippen LogP contribution in [0.5, 0.6) is 0 Å². The van der Waals surface area contributed by atoms with E-state index in [1.54, 1.807) is 11.3 Å². The number of rotatable bonds is 4. The van der Waals surface area contributed by atoms with Crippen LogP contribution in [0.4, 0.5) is 5.13 Å². The maximum atomic E-state index is 11.2. The van der Waals surface area contributed by atoms with Crippen LogP contribution in [0.25, 0.3) is 0 Å². The number of hydrogen-bond acceptors (Lipinski definition) is 6. The Hall–Kier alpha value is -0.730. The van der Waals surface area contributed by atoms with Gasteiger partial charge < -0.3 is 4.90 Å². The average molecular weight is 304 g/mol. The minimum Gasteiger partial charge on any atom is -0.347 e. The molecule has 0 atom stereocenters. The number of aromatic nitrogens is 2. The molecule has 0 bridgehead atoms. The van der Waals surface area contributed by atoms with Crippen LogP contribution in [0, 0.1) is 0 Å². The highest BCUT2D eigenvalue weighted by Crippen LogP contribution is 2.27. The van der Waals surface area contributed by atoms with Gasteiger partial charge >= 0.3 is 0 Å². The normalized spacial score (nSPS) is 18.2. The topological polar surface area (TPSA) is 75.2 Å². The third-order valence-electron chi connectivity index (χ3n) is 3.07. The first-order valence-electron chi connectivity index (χ1n) is 6.41. The summed E-state index contributed by atoms with van der Waals surface area (Å²) < 4.78 is 25.0. The SMILES string of the molecule is CC(C)c1nnc(N2CCC(NS(C)(=O)=O)CC2)s1. The maximum Gasteiger partial charge on any atom is 0.208 e. The lowest BCUT2D eigenvalue weighted by molar-refractivity contribution is 0.461. The Labute approximate surface area is 118 Å². The van der Waals surface area contributed by atoms with E-state index < -0.39 is 10.0 Å². The van der Waals surface area contributed by atoms with Crippen LogP contribution in [0.15, 0.2) is 0 Å². The van der Waals surface area contributed by atoms with Gasteiger partial charge in [-0.15, -0.1) is 10.2 Å². The van der Waals surface area contributed by atoms with Crippen LogP contribution in [-0.2, 0) is 10.0 Å². The number of sulfonamides is 1. The number of hydrogen-bond donors (Lipinski definition) is 1. The monoisotopic (exact) mass is 304 g/mol. The highest BCUT2D eigenvalue weighted by Gasteiger charge is 2.23. The molecule has 0 aliphatic carbocycles. The Morgan fingerprint density at radius 3 is 2.42 bits per heavy atom. The molecule has 1 saturated heterocycles. The molecule has 0 amide bonds. The summed E-state index contributed by atoms with van der Waals surface area (Å²) in [4.78, 5) is 2.18. The lowest BCUT2D eigenvalue weighted by Crippen LogP contribution is -2.44. The zero-order valence-electron chi connectivity index (χ0n) is 11.5. The van der Waals surface area contributed by atoms with Crippen molar-refractivity contribution in [2.45, 2.75) is 38.6 Å². The van der Waals surface area contributed by atoms with Crippen molar-refractivity contribution in [2.24, 2.45) is 0 Å². The second-order valence-corrected chi connectivity index (χ2v) is 8.00. The van der Waals surface area contributed by atoms with Gasteiger partial charge in [0.25, 0.3) is 0 Å². The molecule has 6 nitrogen and oxygen atoms in total. The van der Waals surface area contributed by atoms with Crippen molar-refractivity contribution in [3.8, 4) is 0 Å². The predicted octanol–water partition coefficient (Wildman–Crippen LogP) is 1.18. The molecule has 0 unspecified atom stereocenters. The third kappa shape index (κ3) is 4.12. The molecule has 1 aliphatic heterocycles. The van der Waals surface area contributed by atoms with Gasteiger partial charge in [-0.05, 0) is 12.8 Å². The number of piperidine rings is 1. The van der Waals surface area contributed by atoms with Crippen LogP contribution >= 0.6 is 11.3 Å². The van der Waals surface area contributed by atoms with Crippen molar-refractivity contribution in [1.29, 1.82) is 0 Å². The molecule has 0 radical (unpaired) electrons. The summed E-state index contributed by atoms with van der Waals surface area (Å²) in [7, 11) is -3.11. The standard InChI is InChI=1S/C11H20N4O2S2/c1-8(2)10-12-13-11(18-10)15-6-4-9(5-7-15)14-19(3,16)17/h8-9,14H,4-7H2,1-3H3. The van der Waals surface area contributed by atoms with Gasteiger partial charge in [0.2, 0.25) is 15.2 Å². The molecule has 1 aromatic rings. The van der Waals surface area contributed by atoms with Crippen molar-refractivity contribution >= 4 is 26.5 Å². The van der Waals surface area contributed by atoms with E-state index in [9.17, 15) is 8.42 Å². The quantitative estimate of drug-likeness (QED) is 0.904. The smallest absolute Gasteiger partial charge is 0.208 e. The molecule has 2 heterocycles. The fourth-order valence-corrected chi connectivity index (χ4v) is 3.82. The minimum absolute atomic E-state index is 0.0451. The van der Waals surface area contributed by atoms with Crippen molar-refractivity contribution in [1.82, 2.24) is 14.9 Å². The van der Waals surface area contributed by atoms with Crippen LogP contribution in [0.2, 0.25) is 0 Å². The van der Waals surface area contributed by atoms with Gasteiger partial charge in [0.05, 0.1) is 6.26 Å². The molecular weight excluding hydrogens is 284 g/mol. The van der Waals surface area contributed by atoms with E-state index in [0.29, 0.717) is 5.92 Å². The Kier molecular flexibility index (Phi) is 4.42. The Morgan fingerprint density at radius 2 is 1.95 bits per heavy atom. The predicted molar refractivity (Wildman–Crippen MR) is 77.2 cm³/mol. The summed E-state index contributed by atoms with van der Waals surface area (Å²) in [5, 5.41) is 10.4. The molecule has 2 rings (SSSR count). The van der Waals surface area contributed by atoms with E-state index >= 15 is 0 Å². The largest absolute Gasteiger partial charge is 0.347 e. The summed E-state index contributed by atoms with van der Waals surface area (Å²) in [5.74, 6) is 0.399. The number of anilines is 1. The first-order chi connectivity index (χ1) is 8.85. The molecular formula is C11H20N4O2S2. The van der Waals surface area contributed by atoms with Crippen molar-refractivity contribution in [2.75, 3.05) is 24.2 Å². The van der Waals surface area contributed by atoms with E-state index in [4.69, 9.17) is 0 Å². The lowest BCUT2D eigenvalue weighted by Gasteiger charge is -2.31. The van der Waals surface area contributed by atoms with E-state index in [0.717, 1.165) is 36.1 Å². The van der Waals surface area contributed by atoms with E-state index in [1.807, 2.05) is 0 Å². The molecule has 1 aromatic heterocycles. The average Bonchev–Trinajstić information content (AvgIpc) is 2.77. The molecule has 0 saturated carbocycles. The molecule has 1 aliphatic rings. The van der Waals surface area contributed by atoms with Crippen LogP contribution < -0.4 is 9.62 Å². The molecule has 108 valence electrons. The molecule has 8 heteroatoms. The van der Waals surface area contributed by atoms with Gasteiger partial charge in [-0.1, -0.05) is 25.2 Å². The number of nitrogens with one attached hydrogen (secondary N) is 1. The summed E-state index contributed by atoms with van der Waals surface area (Å²) in [5.41, 5.74) is 0. The van der Waals surface area contributed by atoms with E-state index in [2.05, 4.69) is 33.7 Å². The third-order valence-corrected chi connectivity index (χ3v) is 5.12. The van der Waals surface area contributed by atoms with Crippen molar-refractivity contribution in [3.05, 3.63) is 5.01 Å². The second kappa shape index (κ2) is 5.72. The second-order valence-electron chi connectivity index (χ2n) is 5.23. The summed E-state index contributed by atoms with van der Waals surface area (Å²) in [6, 6.07) is 0.0451. The van der Waals surface area contributed by atoms with Crippen LogP contribution in [0.1, 0.15) is 37.6 Å². The van der Waals surface area contributed by atoms with Crippen LogP contribution in [-0.4, -0.2) is 44.0 Å². The van der Waals surface area contributed by atoms with Gasteiger partial charge in [-0.3, -0.25) is 0 Å². The highest BCUT2D eigenvalue weighted by atomic mass is 32.2. The minimum atomic E-state index is -3.11. The fraction of sp³-hybridized carbons (Fsp3) is 0.818. The van der Waals surface area contributed by atoms with E-state index in [1.165, 1.54) is 6.26 Å². The number of nitrogens with zero attached hydrogens (tertiary/aromatic N) is 3. The van der Waals surface area contributed by atoms with Gasteiger partial charge in [0.15, 0.2) is 0 Å². The zero-order chi connectivity index (χ0) is 14.0. The molecule has 0 aromatic carbocycles. The lowest BCUT2D eigenvalue weighted by atomic mass is 10.1. The Morgan fingerprint density at radius 1 is 1.32 bits per heavy atom. The highest BCUT2D eigenvalue weighted by molar-refractivity contribution is 7.88. The summed E-state index contributed by atoms with van der Waals surface area (Å²) >= 11 is 1.63. The summed E-state index contributed by atoms with van der Waals surface area (Å²) in [6.45, 7) is 5.85. The molecule has 0 spiro atoms. The van der Waals surface area contributed by atoms with Crippen molar-refractivity contribution in [3.63, 3.8) is 0 Å². The molecule has 1 fully saturated rings. The zero-order valence-corrected chi connectivity index (χ0v) is 13.1.